The van der Waals surface area contributed by atoms with E-state index in [2.05, 4.69) is 108 Å². The van der Waals surface area contributed by atoms with Crippen LogP contribution in [-0.2, 0) is 0 Å². The van der Waals surface area contributed by atoms with Crippen LogP contribution in [-0.4, -0.2) is 4.40 Å². The number of benzene rings is 5. The standard InChI is InChI=1S/C30H17N/c1-3-10-20-18(8-1)19-9-2-4-11-21(19)23-13-6-15-25-27-17-7-16-26-24-14-5-12-22(20)28(24)31(29(23)25)30(26)27/h1-17H. The zero-order chi connectivity index (χ0) is 20.1. The maximum absolute atomic E-state index is 2.54. The van der Waals surface area contributed by atoms with Gasteiger partial charge in [0.05, 0.1) is 16.6 Å². The Morgan fingerprint density at radius 2 is 0.484 bits per heavy atom. The summed E-state index contributed by atoms with van der Waals surface area (Å²) >= 11 is 0. The highest BCUT2D eigenvalue weighted by molar-refractivity contribution is 6.32. The van der Waals surface area contributed by atoms with Crippen molar-refractivity contribution in [2.45, 2.75) is 0 Å². The third-order valence-electron chi connectivity index (χ3n) is 7.08. The van der Waals surface area contributed by atoms with Crippen LogP contribution in [0, 0.1) is 0 Å². The first-order chi connectivity index (χ1) is 15.4. The van der Waals surface area contributed by atoms with Gasteiger partial charge in [0, 0.05) is 32.3 Å². The first-order valence-electron chi connectivity index (χ1n) is 10.8. The van der Waals surface area contributed by atoms with Crippen molar-refractivity contribution in [2.24, 2.45) is 0 Å². The molecular weight excluding hydrogens is 374 g/mol. The minimum atomic E-state index is 1.29. The fraction of sp³-hybridized carbons (Fsp3) is 0. The van der Waals surface area contributed by atoms with E-state index >= 15 is 0 Å². The number of aromatic nitrogens is 1. The van der Waals surface area contributed by atoms with Crippen molar-refractivity contribution in [1.82, 2.24) is 4.40 Å². The summed E-state index contributed by atoms with van der Waals surface area (Å²) in [6, 6.07) is 38.1. The summed E-state index contributed by atoms with van der Waals surface area (Å²) < 4.78 is 2.54. The number of hydrogen-bond donors (Lipinski definition) is 0. The molecule has 0 amide bonds. The molecule has 0 aliphatic rings. The molecule has 0 aliphatic heterocycles. The van der Waals surface area contributed by atoms with Crippen LogP contribution in [0.1, 0.15) is 0 Å². The summed E-state index contributed by atoms with van der Waals surface area (Å²) in [6.07, 6.45) is 0. The minimum Gasteiger partial charge on any atom is -0.307 e. The maximum atomic E-state index is 2.54. The molecule has 0 spiro atoms. The van der Waals surface area contributed by atoms with Gasteiger partial charge in [0.1, 0.15) is 0 Å². The number of fused-ring (bicyclic) bond motifs is 7. The normalized spacial score (nSPS) is 12.5. The lowest BCUT2D eigenvalue weighted by Crippen LogP contribution is -1.82. The highest BCUT2D eigenvalue weighted by Crippen LogP contribution is 2.44. The second kappa shape index (κ2) is 5.33. The van der Waals surface area contributed by atoms with Crippen LogP contribution in [0.25, 0.3) is 70.4 Å². The zero-order valence-corrected chi connectivity index (χ0v) is 16.8. The van der Waals surface area contributed by atoms with Crippen molar-refractivity contribution < 1.29 is 0 Å². The van der Waals surface area contributed by atoms with E-state index < -0.39 is 0 Å². The van der Waals surface area contributed by atoms with Gasteiger partial charge in [0.15, 0.2) is 0 Å². The number of hydrogen-bond acceptors (Lipinski definition) is 0. The topological polar surface area (TPSA) is 4.41 Å². The van der Waals surface area contributed by atoms with Crippen molar-refractivity contribution in [3.63, 3.8) is 0 Å². The molecule has 1 nitrogen and oxygen atoms in total. The van der Waals surface area contributed by atoms with Gasteiger partial charge < -0.3 is 4.40 Å². The Morgan fingerprint density at radius 3 is 0.806 bits per heavy atom. The average molecular weight is 391 g/mol. The molecule has 1 heteroatoms. The van der Waals surface area contributed by atoms with E-state index in [1.54, 1.807) is 0 Å². The fourth-order valence-corrected chi connectivity index (χ4v) is 5.90. The van der Waals surface area contributed by atoms with Crippen LogP contribution in [0.4, 0.5) is 0 Å². The Kier molecular flexibility index (Phi) is 2.70. The lowest BCUT2D eigenvalue weighted by atomic mass is 10.0. The predicted octanol–water partition coefficient (Wildman–Crippen LogP) is 8.30. The second-order valence-corrected chi connectivity index (χ2v) is 8.53. The first-order valence-corrected chi connectivity index (χ1v) is 10.8. The van der Waals surface area contributed by atoms with Crippen LogP contribution < -0.4 is 0 Å². The van der Waals surface area contributed by atoms with E-state index in [0.29, 0.717) is 0 Å². The molecule has 0 fully saturated rings. The van der Waals surface area contributed by atoms with E-state index in [-0.39, 0.29) is 0 Å². The maximum Gasteiger partial charge on any atom is 0.0621 e. The molecule has 0 radical (unpaired) electrons. The van der Waals surface area contributed by atoms with E-state index in [9.17, 15) is 0 Å². The Balaban J connectivity index is 1.96. The van der Waals surface area contributed by atoms with Crippen molar-refractivity contribution in [1.29, 1.82) is 0 Å². The molecule has 0 bridgehead atoms. The van der Waals surface area contributed by atoms with E-state index in [4.69, 9.17) is 0 Å². The summed E-state index contributed by atoms with van der Waals surface area (Å²) in [7, 11) is 0. The SMILES string of the molecule is c1ccc2c(c1)c1ccccc1c1cccc3c4cccc5c6cccc2c6n(c13)c54. The van der Waals surface area contributed by atoms with Crippen LogP contribution >= 0.6 is 0 Å². The van der Waals surface area contributed by atoms with Gasteiger partial charge in [-0.2, -0.15) is 0 Å². The average Bonchev–Trinajstić information content (AvgIpc) is 3.36. The van der Waals surface area contributed by atoms with Gasteiger partial charge in [-0.3, -0.25) is 0 Å². The Hall–Kier alpha value is -4.10. The summed E-state index contributed by atoms with van der Waals surface area (Å²) in [4.78, 5) is 0. The molecule has 0 saturated carbocycles. The molecule has 8 rings (SSSR count). The quantitative estimate of drug-likeness (QED) is 0.245. The molecule has 31 heavy (non-hydrogen) atoms. The zero-order valence-electron chi connectivity index (χ0n) is 16.8. The largest absolute Gasteiger partial charge is 0.307 e. The molecule has 0 atom stereocenters. The van der Waals surface area contributed by atoms with Crippen molar-refractivity contribution in [3.8, 4) is 0 Å². The van der Waals surface area contributed by atoms with Gasteiger partial charge in [0.2, 0.25) is 0 Å². The van der Waals surface area contributed by atoms with Gasteiger partial charge in [-0.1, -0.05) is 103 Å². The van der Waals surface area contributed by atoms with Gasteiger partial charge in [-0.25, -0.2) is 0 Å². The van der Waals surface area contributed by atoms with E-state index in [1.807, 2.05) is 0 Å². The van der Waals surface area contributed by atoms with Crippen molar-refractivity contribution in [2.75, 3.05) is 0 Å². The minimum absolute atomic E-state index is 1.29. The van der Waals surface area contributed by atoms with E-state index in [0.717, 1.165) is 0 Å². The molecule has 0 aliphatic carbocycles. The molecule has 3 heterocycles. The van der Waals surface area contributed by atoms with Gasteiger partial charge in [-0.05, 0) is 21.5 Å². The van der Waals surface area contributed by atoms with Crippen LogP contribution in [0.2, 0.25) is 0 Å². The molecule has 0 saturated heterocycles. The Morgan fingerprint density at radius 1 is 0.258 bits per heavy atom. The molecular formula is C30H17N. The summed E-state index contributed by atoms with van der Waals surface area (Å²) in [5.74, 6) is 0. The molecule has 0 unspecified atom stereocenters. The van der Waals surface area contributed by atoms with Gasteiger partial charge in [0.25, 0.3) is 0 Å². The molecule has 0 N–H and O–H groups in total. The van der Waals surface area contributed by atoms with E-state index in [1.165, 1.54) is 70.4 Å². The molecule has 3 aromatic heterocycles. The van der Waals surface area contributed by atoms with Crippen molar-refractivity contribution >= 4 is 70.4 Å². The Bertz CT molecular complexity index is 1850. The monoisotopic (exact) mass is 391 g/mol. The summed E-state index contributed by atoms with van der Waals surface area (Å²) in [5, 5.41) is 13.1. The molecule has 8 aromatic rings. The first kappa shape index (κ1) is 15.7. The van der Waals surface area contributed by atoms with Crippen LogP contribution in [0.5, 0.6) is 0 Å². The lowest BCUT2D eigenvalue weighted by Gasteiger charge is -2.02. The number of rotatable bonds is 0. The fourth-order valence-electron chi connectivity index (χ4n) is 5.90. The number of para-hydroxylation sites is 3. The smallest absolute Gasteiger partial charge is 0.0621 e. The second-order valence-electron chi connectivity index (χ2n) is 8.53. The third-order valence-corrected chi connectivity index (χ3v) is 7.08. The van der Waals surface area contributed by atoms with Gasteiger partial charge >= 0.3 is 0 Å². The van der Waals surface area contributed by atoms with Gasteiger partial charge in [-0.15, -0.1) is 0 Å². The molecule has 5 aromatic carbocycles. The highest BCUT2D eigenvalue weighted by atomic mass is 14.9. The Labute approximate surface area is 178 Å². The summed E-state index contributed by atoms with van der Waals surface area (Å²) in [6.45, 7) is 0. The third kappa shape index (κ3) is 1.75. The highest BCUT2D eigenvalue weighted by Gasteiger charge is 2.20. The molecule has 142 valence electrons. The lowest BCUT2D eigenvalue weighted by molar-refractivity contribution is 1.39. The summed E-state index contributed by atoms with van der Waals surface area (Å²) in [5.41, 5.74) is 3.97. The van der Waals surface area contributed by atoms with Crippen LogP contribution in [0.3, 0.4) is 0 Å². The number of nitrogens with zero attached hydrogens (tertiary/aromatic N) is 1. The predicted molar refractivity (Wildman–Crippen MR) is 134 cm³/mol. The van der Waals surface area contributed by atoms with Crippen molar-refractivity contribution in [3.05, 3.63) is 103 Å². The van der Waals surface area contributed by atoms with Crippen LogP contribution in [0.15, 0.2) is 103 Å².